The molecule has 0 spiro atoms. The molecule has 11 heavy (non-hydrogen) atoms. The van der Waals surface area contributed by atoms with Gasteiger partial charge in [-0.2, -0.15) is 0 Å². The molecule has 62 valence electrons. The fourth-order valence-electron chi connectivity index (χ4n) is 1.15. The van der Waals surface area contributed by atoms with Gasteiger partial charge in [-0.3, -0.25) is 0 Å². The van der Waals surface area contributed by atoms with Gasteiger partial charge in [-0.25, -0.2) is 0 Å². The van der Waals surface area contributed by atoms with Crippen molar-refractivity contribution in [1.82, 2.24) is 0 Å². The molecule has 1 heteroatoms. The lowest BCUT2D eigenvalue weighted by molar-refractivity contribution is 0.512. The van der Waals surface area contributed by atoms with E-state index in [2.05, 4.69) is 39.0 Å². The highest BCUT2D eigenvalue weighted by Crippen LogP contribution is 2.30. The molecule has 1 rings (SSSR count). The smallest absolute Gasteiger partial charge is 0.0553 e. The van der Waals surface area contributed by atoms with Crippen LogP contribution in [-0.2, 0) is 0 Å². The summed E-state index contributed by atoms with van der Waals surface area (Å²) in [7, 11) is 0. The molecular formula is C10H15Cl. The monoisotopic (exact) mass is 170 g/mol. The van der Waals surface area contributed by atoms with Crippen LogP contribution in [0, 0.1) is 5.41 Å². The maximum absolute atomic E-state index is 5.90. The third-order valence-corrected chi connectivity index (χ3v) is 2.24. The summed E-state index contributed by atoms with van der Waals surface area (Å²) >= 11 is 5.90. The van der Waals surface area contributed by atoms with Crippen molar-refractivity contribution in [2.75, 3.05) is 0 Å². The summed E-state index contributed by atoms with van der Waals surface area (Å²) in [5, 5.41) is 0.209. The predicted octanol–water partition coefficient (Wildman–Crippen LogP) is 3.53. The molecule has 0 heterocycles. The summed E-state index contributed by atoms with van der Waals surface area (Å²) in [6.07, 6.45) is 7.42. The van der Waals surface area contributed by atoms with Crippen LogP contribution in [0.25, 0.3) is 0 Å². The molecule has 0 amide bonds. The first-order chi connectivity index (χ1) is 5.00. The Bertz CT molecular complexity index is 193. The highest BCUT2D eigenvalue weighted by Gasteiger charge is 2.16. The highest BCUT2D eigenvalue weighted by molar-refractivity contribution is 6.22. The van der Waals surface area contributed by atoms with Crippen molar-refractivity contribution in [2.24, 2.45) is 5.41 Å². The van der Waals surface area contributed by atoms with Crippen molar-refractivity contribution >= 4 is 11.6 Å². The maximum atomic E-state index is 5.90. The standard InChI is InChI=1S/C10H15Cl/c1-10(2,3)8-4-6-9(11)7-5-8/h4-6,9H,7H2,1-3H3. The topological polar surface area (TPSA) is 0 Å². The Morgan fingerprint density at radius 3 is 2.45 bits per heavy atom. The van der Waals surface area contributed by atoms with Crippen molar-refractivity contribution in [3.05, 3.63) is 23.8 Å². The maximum Gasteiger partial charge on any atom is 0.0553 e. The van der Waals surface area contributed by atoms with Crippen LogP contribution in [-0.4, -0.2) is 5.38 Å². The molecule has 0 radical (unpaired) electrons. The summed E-state index contributed by atoms with van der Waals surface area (Å²) in [6, 6.07) is 0. The molecule has 0 aromatic rings. The van der Waals surface area contributed by atoms with Crippen molar-refractivity contribution in [1.29, 1.82) is 0 Å². The molecule has 1 aliphatic carbocycles. The summed E-state index contributed by atoms with van der Waals surface area (Å²) in [6.45, 7) is 6.66. The Kier molecular flexibility index (Phi) is 2.43. The van der Waals surface area contributed by atoms with Gasteiger partial charge in [0, 0.05) is 0 Å². The van der Waals surface area contributed by atoms with E-state index in [1.165, 1.54) is 5.57 Å². The first-order valence-corrected chi connectivity index (χ1v) is 4.47. The summed E-state index contributed by atoms with van der Waals surface area (Å²) < 4.78 is 0. The predicted molar refractivity (Wildman–Crippen MR) is 50.9 cm³/mol. The van der Waals surface area contributed by atoms with E-state index in [4.69, 9.17) is 11.6 Å². The van der Waals surface area contributed by atoms with Crippen LogP contribution in [0.2, 0.25) is 0 Å². The Morgan fingerprint density at radius 1 is 1.45 bits per heavy atom. The normalized spacial score (nSPS) is 25.1. The van der Waals surface area contributed by atoms with Crippen LogP contribution in [0.4, 0.5) is 0 Å². The van der Waals surface area contributed by atoms with Crippen LogP contribution in [0.5, 0.6) is 0 Å². The Morgan fingerprint density at radius 2 is 2.09 bits per heavy atom. The summed E-state index contributed by atoms with van der Waals surface area (Å²) in [5.41, 5.74) is 1.67. The lowest BCUT2D eigenvalue weighted by Gasteiger charge is -2.23. The van der Waals surface area contributed by atoms with Gasteiger partial charge >= 0.3 is 0 Å². The number of halogens is 1. The Labute approximate surface area is 73.9 Å². The second kappa shape index (κ2) is 3.02. The fourth-order valence-corrected chi connectivity index (χ4v) is 1.31. The largest absolute Gasteiger partial charge is 0.118 e. The molecule has 0 aromatic heterocycles. The molecule has 0 N–H and O–H groups in total. The third kappa shape index (κ3) is 2.37. The zero-order valence-corrected chi connectivity index (χ0v) is 8.15. The minimum Gasteiger partial charge on any atom is -0.118 e. The fraction of sp³-hybridized carbons (Fsp3) is 0.600. The molecule has 0 aromatic carbocycles. The lowest BCUT2D eigenvalue weighted by Crippen LogP contribution is -2.11. The van der Waals surface area contributed by atoms with Gasteiger partial charge in [-0.15, -0.1) is 11.6 Å². The van der Waals surface area contributed by atoms with E-state index in [9.17, 15) is 0 Å². The van der Waals surface area contributed by atoms with Crippen LogP contribution >= 0.6 is 11.6 Å². The van der Waals surface area contributed by atoms with Crippen molar-refractivity contribution in [3.8, 4) is 0 Å². The van der Waals surface area contributed by atoms with E-state index >= 15 is 0 Å². The number of alkyl halides is 1. The third-order valence-electron chi connectivity index (χ3n) is 1.91. The Hall–Kier alpha value is -0.230. The van der Waals surface area contributed by atoms with Crippen molar-refractivity contribution in [3.63, 3.8) is 0 Å². The van der Waals surface area contributed by atoms with E-state index < -0.39 is 0 Å². The lowest BCUT2D eigenvalue weighted by atomic mass is 9.84. The molecule has 0 aliphatic heterocycles. The summed E-state index contributed by atoms with van der Waals surface area (Å²) in [5.74, 6) is 0. The van der Waals surface area contributed by atoms with E-state index in [0.717, 1.165) is 6.42 Å². The molecule has 1 unspecified atom stereocenters. The average Bonchev–Trinajstić information content (AvgIpc) is 1.86. The number of hydrogen-bond acceptors (Lipinski definition) is 0. The van der Waals surface area contributed by atoms with Gasteiger partial charge in [0.05, 0.1) is 5.38 Å². The van der Waals surface area contributed by atoms with Crippen LogP contribution in [0.1, 0.15) is 27.2 Å². The molecule has 0 saturated carbocycles. The van der Waals surface area contributed by atoms with Gasteiger partial charge in [0.25, 0.3) is 0 Å². The van der Waals surface area contributed by atoms with E-state index in [0.29, 0.717) is 0 Å². The van der Waals surface area contributed by atoms with Gasteiger partial charge < -0.3 is 0 Å². The molecule has 0 saturated heterocycles. The Balaban J connectivity index is 2.71. The summed E-state index contributed by atoms with van der Waals surface area (Å²) in [4.78, 5) is 0. The van der Waals surface area contributed by atoms with Gasteiger partial charge in [0.2, 0.25) is 0 Å². The van der Waals surface area contributed by atoms with E-state index in [1.807, 2.05) is 0 Å². The number of hydrogen-bond donors (Lipinski definition) is 0. The second-order valence-electron chi connectivity index (χ2n) is 4.02. The van der Waals surface area contributed by atoms with Crippen LogP contribution in [0.15, 0.2) is 23.8 Å². The molecular weight excluding hydrogens is 156 g/mol. The van der Waals surface area contributed by atoms with Gasteiger partial charge in [0.15, 0.2) is 0 Å². The average molecular weight is 171 g/mol. The molecule has 1 aliphatic rings. The number of rotatable bonds is 0. The molecule has 1 atom stereocenters. The van der Waals surface area contributed by atoms with Crippen molar-refractivity contribution < 1.29 is 0 Å². The second-order valence-corrected chi connectivity index (χ2v) is 4.58. The number of allylic oxidation sites excluding steroid dienone is 4. The molecule has 0 nitrogen and oxygen atoms in total. The highest BCUT2D eigenvalue weighted by atomic mass is 35.5. The zero-order valence-electron chi connectivity index (χ0n) is 7.39. The van der Waals surface area contributed by atoms with Gasteiger partial charge in [0.1, 0.15) is 0 Å². The SMILES string of the molecule is CC(C)(C)C1=CCC(Cl)C=C1. The zero-order chi connectivity index (χ0) is 8.48. The quantitative estimate of drug-likeness (QED) is 0.488. The minimum atomic E-state index is 0.209. The van der Waals surface area contributed by atoms with Gasteiger partial charge in [-0.1, -0.05) is 39.0 Å². The van der Waals surface area contributed by atoms with E-state index in [1.54, 1.807) is 0 Å². The van der Waals surface area contributed by atoms with Crippen LogP contribution < -0.4 is 0 Å². The molecule has 0 bridgehead atoms. The van der Waals surface area contributed by atoms with Gasteiger partial charge in [-0.05, 0) is 17.4 Å². The van der Waals surface area contributed by atoms with Crippen molar-refractivity contribution in [2.45, 2.75) is 32.6 Å². The molecule has 0 fully saturated rings. The minimum absolute atomic E-state index is 0.209. The first kappa shape index (κ1) is 8.86. The first-order valence-electron chi connectivity index (χ1n) is 4.03. The van der Waals surface area contributed by atoms with Crippen LogP contribution in [0.3, 0.4) is 0 Å². The van der Waals surface area contributed by atoms with E-state index in [-0.39, 0.29) is 10.8 Å².